The number of nitrogens with one attached hydrogen (secondary N) is 1. The number of pyridine rings is 1. The van der Waals surface area contributed by atoms with Crippen LogP contribution >= 0.6 is 0 Å². The number of aromatic nitrogens is 4. The van der Waals surface area contributed by atoms with Crippen molar-refractivity contribution in [2.24, 2.45) is 18.7 Å². The van der Waals surface area contributed by atoms with Crippen LogP contribution in [0.1, 0.15) is 24.4 Å². The number of anilines is 1. The van der Waals surface area contributed by atoms with Gasteiger partial charge >= 0.3 is 0 Å². The van der Waals surface area contributed by atoms with Gasteiger partial charge in [0.1, 0.15) is 0 Å². The first-order valence-corrected chi connectivity index (χ1v) is 13.1. The zero-order chi connectivity index (χ0) is 26.1. The monoisotopic (exact) mass is 505 g/mol. The van der Waals surface area contributed by atoms with Crippen LogP contribution in [0.3, 0.4) is 0 Å². The summed E-state index contributed by atoms with van der Waals surface area (Å²) in [4.78, 5) is 27.8. The third-order valence-electron chi connectivity index (χ3n) is 7.68. The number of benzene rings is 2. The first-order valence-electron chi connectivity index (χ1n) is 13.1. The normalized spacial score (nSPS) is 15.2. The van der Waals surface area contributed by atoms with Crippen molar-refractivity contribution in [1.82, 2.24) is 24.4 Å². The van der Waals surface area contributed by atoms with Gasteiger partial charge in [0.05, 0.1) is 23.6 Å². The Hall–Kier alpha value is -4.30. The maximum Gasteiger partial charge on any atom is 0.236 e. The molecule has 0 bridgehead atoms. The number of hydrogen-bond acceptors (Lipinski definition) is 6. The van der Waals surface area contributed by atoms with E-state index < -0.39 is 0 Å². The highest BCUT2D eigenvalue weighted by Gasteiger charge is 2.29. The third-order valence-corrected chi connectivity index (χ3v) is 7.68. The molecule has 1 amide bonds. The molecular weight excluding hydrogens is 474 g/mol. The summed E-state index contributed by atoms with van der Waals surface area (Å²) in [5.41, 5.74) is 12.7. The summed E-state index contributed by atoms with van der Waals surface area (Å²) in [5.74, 6) is 0.351. The van der Waals surface area contributed by atoms with E-state index in [9.17, 15) is 4.79 Å². The number of rotatable bonds is 6. The van der Waals surface area contributed by atoms with Gasteiger partial charge < -0.3 is 20.5 Å². The molecule has 1 saturated heterocycles. The second kappa shape index (κ2) is 10.2. The van der Waals surface area contributed by atoms with E-state index in [1.807, 2.05) is 17.2 Å². The van der Waals surface area contributed by atoms with E-state index in [4.69, 9.17) is 10.7 Å². The molecule has 8 nitrogen and oxygen atoms in total. The Kier molecular flexibility index (Phi) is 6.47. The second-order valence-electron chi connectivity index (χ2n) is 9.98. The molecule has 0 spiro atoms. The predicted molar refractivity (Wildman–Crippen MR) is 150 cm³/mol. The Morgan fingerprint density at radius 2 is 1.92 bits per heavy atom. The van der Waals surface area contributed by atoms with Crippen LogP contribution in [0.2, 0.25) is 0 Å². The summed E-state index contributed by atoms with van der Waals surface area (Å²) in [7, 11) is 2.06. The summed E-state index contributed by atoms with van der Waals surface area (Å²) in [5, 5.41) is 5.03. The average molecular weight is 506 g/mol. The van der Waals surface area contributed by atoms with Crippen molar-refractivity contribution in [3.8, 4) is 11.1 Å². The minimum atomic E-state index is 0.0160. The Labute approximate surface area is 221 Å². The van der Waals surface area contributed by atoms with Crippen molar-refractivity contribution in [1.29, 1.82) is 0 Å². The summed E-state index contributed by atoms with van der Waals surface area (Å²) in [6.07, 6.45) is 11.1. The maximum atomic E-state index is 12.1. The molecule has 192 valence electrons. The molecule has 1 aliphatic heterocycles. The van der Waals surface area contributed by atoms with Crippen molar-refractivity contribution in [2.45, 2.75) is 18.9 Å². The zero-order valence-corrected chi connectivity index (χ0v) is 21.4. The highest BCUT2D eigenvalue weighted by Crippen LogP contribution is 2.37. The van der Waals surface area contributed by atoms with E-state index >= 15 is 0 Å². The fourth-order valence-electron chi connectivity index (χ4n) is 5.63. The molecule has 6 rings (SSSR count). The van der Waals surface area contributed by atoms with Gasteiger partial charge in [0, 0.05) is 67.9 Å². The highest BCUT2D eigenvalue weighted by molar-refractivity contribution is 5.97. The first kappa shape index (κ1) is 24.1. The van der Waals surface area contributed by atoms with E-state index in [2.05, 4.69) is 75.6 Å². The number of carbonyl (C=O) groups excluding carboxylic acids is 1. The summed E-state index contributed by atoms with van der Waals surface area (Å²) in [6.45, 7) is 1.49. The van der Waals surface area contributed by atoms with Crippen molar-refractivity contribution < 1.29 is 4.79 Å². The van der Waals surface area contributed by atoms with E-state index in [0.29, 0.717) is 19.0 Å². The third kappa shape index (κ3) is 4.59. The van der Waals surface area contributed by atoms with Gasteiger partial charge in [0.2, 0.25) is 5.91 Å². The Morgan fingerprint density at radius 3 is 2.71 bits per heavy atom. The lowest BCUT2D eigenvalue weighted by Crippen LogP contribution is -2.43. The molecule has 3 aromatic heterocycles. The Morgan fingerprint density at radius 1 is 1.08 bits per heavy atom. The summed E-state index contributed by atoms with van der Waals surface area (Å²) in [6, 6.07) is 17.0. The Bertz CT molecular complexity index is 1590. The van der Waals surface area contributed by atoms with Crippen LogP contribution in [-0.4, -0.2) is 50.0 Å². The smallest absolute Gasteiger partial charge is 0.236 e. The van der Waals surface area contributed by atoms with Gasteiger partial charge in [-0.3, -0.25) is 19.7 Å². The van der Waals surface area contributed by atoms with Gasteiger partial charge in [-0.1, -0.05) is 18.2 Å². The fourth-order valence-corrected chi connectivity index (χ4v) is 5.63. The predicted octanol–water partition coefficient (Wildman–Crippen LogP) is 4.53. The molecule has 0 radical (unpaired) electrons. The van der Waals surface area contributed by atoms with Crippen LogP contribution in [0.15, 0.2) is 79.5 Å². The number of amides is 1. The van der Waals surface area contributed by atoms with Crippen LogP contribution in [-0.2, 0) is 11.8 Å². The summed E-state index contributed by atoms with van der Waals surface area (Å²) < 4.78 is 2.13. The van der Waals surface area contributed by atoms with Crippen molar-refractivity contribution in [3.63, 3.8) is 0 Å². The van der Waals surface area contributed by atoms with Crippen LogP contribution in [0.25, 0.3) is 33.1 Å². The topological polar surface area (TPSA) is 102 Å². The zero-order valence-electron chi connectivity index (χ0n) is 21.4. The van der Waals surface area contributed by atoms with Gasteiger partial charge in [-0.25, -0.2) is 0 Å². The van der Waals surface area contributed by atoms with Gasteiger partial charge in [-0.05, 0) is 65.6 Å². The number of piperidine rings is 1. The van der Waals surface area contributed by atoms with Gasteiger partial charge in [0.25, 0.3) is 0 Å². The first-order chi connectivity index (χ1) is 18.6. The van der Waals surface area contributed by atoms with E-state index in [-0.39, 0.29) is 18.5 Å². The lowest BCUT2D eigenvalue weighted by molar-refractivity contribution is -0.131. The molecule has 5 aromatic rings. The molecule has 1 aliphatic rings. The van der Waals surface area contributed by atoms with Gasteiger partial charge in [-0.15, -0.1) is 0 Å². The lowest BCUT2D eigenvalue weighted by atomic mass is 9.85. The SMILES string of the molecule is Cn1ccc2ccc(-c3cc(NC(c4cccnc4)C4CCN(C(=O)CN)CC4)cc4nccnc34)cc21. The largest absolute Gasteiger partial charge is 0.378 e. The number of fused-ring (bicyclic) bond motifs is 2. The fraction of sp³-hybridized carbons (Fsp3) is 0.267. The number of nitrogens with two attached hydrogens (primary N) is 1. The molecule has 38 heavy (non-hydrogen) atoms. The molecule has 2 aromatic carbocycles. The molecule has 1 unspecified atom stereocenters. The Balaban J connectivity index is 1.38. The number of nitrogens with zero attached hydrogens (tertiary/aromatic N) is 5. The number of likely N-dealkylation sites (tertiary alicyclic amines) is 1. The van der Waals surface area contributed by atoms with Crippen molar-refractivity contribution in [3.05, 3.63) is 85.1 Å². The molecule has 4 heterocycles. The molecule has 1 atom stereocenters. The van der Waals surface area contributed by atoms with Crippen LogP contribution in [0.5, 0.6) is 0 Å². The van der Waals surface area contributed by atoms with E-state index in [0.717, 1.165) is 46.3 Å². The molecular formula is C30H31N7O. The summed E-state index contributed by atoms with van der Waals surface area (Å²) >= 11 is 0. The average Bonchev–Trinajstić information content (AvgIpc) is 3.35. The maximum absolute atomic E-state index is 12.1. The molecule has 3 N–H and O–H groups in total. The van der Waals surface area contributed by atoms with Crippen LogP contribution < -0.4 is 11.1 Å². The number of aryl methyl sites for hydroxylation is 1. The molecule has 0 saturated carbocycles. The molecule has 8 heteroatoms. The molecule has 1 fully saturated rings. The minimum Gasteiger partial charge on any atom is -0.378 e. The van der Waals surface area contributed by atoms with Crippen LogP contribution in [0.4, 0.5) is 5.69 Å². The highest BCUT2D eigenvalue weighted by atomic mass is 16.2. The minimum absolute atomic E-state index is 0.0160. The molecule has 0 aliphatic carbocycles. The number of carbonyl (C=O) groups is 1. The van der Waals surface area contributed by atoms with Crippen molar-refractivity contribution >= 4 is 33.5 Å². The van der Waals surface area contributed by atoms with Gasteiger partial charge in [-0.2, -0.15) is 0 Å². The van der Waals surface area contributed by atoms with Gasteiger partial charge in [0.15, 0.2) is 0 Å². The standard InChI is InChI=1S/C30H31N7O/c1-36-12-6-20-4-5-22(15-27(20)36)25-16-24(17-26-30(25)34-11-10-33-26)35-29(23-3-2-9-32-19-23)21-7-13-37(14-8-21)28(38)18-31/h2-6,9-12,15-17,19,21,29,35H,7-8,13-14,18,31H2,1H3. The van der Waals surface area contributed by atoms with E-state index in [1.165, 1.54) is 10.9 Å². The van der Waals surface area contributed by atoms with Crippen molar-refractivity contribution in [2.75, 3.05) is 25.0 Å². The lowest BCUT2D eigenvalue weighted by Gasteiger charge is -2.37. The quantitative estimate of drug-likeness (QED) is 0.351. The van der Waals surface area contributed by atoms with Crippen LogP contribution in [0, 0.1) is 5.92 Å². The van der Waals surface area contributed by atoms with E-state index in [1.54, 1.807) is 18.6 Å². The second-order valence-corrected chi connectivity index (χ2v) is 9.98. The number of hydrogen-bond donors (Lipinski definition) is 2.